The van der Waals surface area contributed by atoms with Crippen LogP contribution < -0.4 is 10.1 Å². The van der Waals surface area contributed by atoms with E-state index in [-0.39, 0.29) is 23.0 Å². The zero-order chi connectivity index (χ0) is 21.5. The summed E-state index contributed by atoms with van der Waals surface area (Å²) in [6.45, 7) is 1.63. The lowest BCUT2D eigenvalue weighted by atomic mass is 10.2. The molecule has 0 unspecified atom stereocenters. The molecule has 4 rings (SSSR count). The highest BCUT2D eigenvalue weighted by atomic mass is 19.4. The van der Waals surface area contributed by atoms with Crippen molar-refractivity contribution in [1.82, 2.24) is 19.4 Å². The van der Waals surface area contributed by atoms with Crippen LogP contribution in [0.15, 0.2) is 48.7 Å². The topological polar surface area (TPSA) is 64.3 Å². The fraction of sp³-hybridized carbons (Fsp3) is 0.150. The highest BCUT2D eigenvalue weighted by molar-refractivity contribution is 5.67. The summed E-state index contributed by atoms with van der Waals surface area (Å²) in [7, 11) is 1.54. The second kappa shape index (κ2) is 7.29. The molecule has 3 heterocycles. The Hall–Kier alpha value is -3.69. The predicted octanol–water partition coefficient (Wildman–Crippen LogP) is 5.01. The first-order valence-electron chi connectivity index (χ1n) is 8.76. The third-order valence-corrected chi connectivity index (χ3v) is 4.29. The molecule has 0 spiro atoms. The van der Waals surface area contributed by atoms with Crippen molar-refractivity contribution >= 4 is 17.3 Å². The maximum atomic E-state index is 13.8. The van der Waals surface area contributed by atoms with Gasteiger partial charge < -0.3 is 10.1 Å². The van der Waals surface area contributed by atoms with Gasteiger partial charge in [0.2, 0.25) is 5.95 Å². The summed E-state index contributed by atoms with van der Waals surface area (Å²) in [6.07, 6.45) is -3.80. The van der Waals surface area contributed by atoms with E-state index >= 15 is 0 Å². The average molecular weight is 417 g/mol. The minimum Gasteiger partial charge on any atom is -0.497 e. The number of benzene rings is 1. The fourth-order valence-corrected chi connectivity index (χ4v) is 3.01. The monoisotopic (exact) mass is 417 g/mol. The molecule has 10 heteroatoms. The molecule has 0 aliphatic heterocycles. The summed E-state index contributed by atoms with van der Waals surface area (Å²) in [5, 5.41) is 2.95. The standard InChI is InChI=1S/C20H15F4N5O/c1-11-9-15(27-19(25-11)26-13-4-6-14(30-2)7-5-13)17-18(20(22,23)24)28-16-8-3-12(21)10-29(16)17/h3-10H,1-2H3,(H,25,26,27). The van der Waals surface area contributed by atoms with E-state index < -0.39 is 17.7 Å². The number of hydrogen-bond acceptors (Lipinski definition) is 5. The molecule has 0 saturated carbocycles. The first-order chi connectivity index (χ1) is 14.2. The van der Waals surface area contributed by atoms with Crippen LogP contribution in [0.1, 0.15) is 11.4 Å². The molecular formula is C20H15F4N5O. The van der Waals surface area contributed by atoms with Gasteiger partial charge in [-0.3, -0.25) is 4.40 Å². The minimum atomic E-state index is -4.75. The van der Waals surface area contributed by atoms with Crippen molar-refractivity contribution in [3.63, 3.8) is 0 Å². The number of aryl methyl sites for hydroxylation is 1. The summed E-state index contributed by atoms with van der Waals surface area (Å²) in [4.78, 5) is 12.1. The second-order valence-corrected chi connectivity index (χ2v) is 6.45. The Kier molecular flexibility index (Phi) is 4.76. The summed E-state index contributed by atoms with van der Waals surface area (Å²) in [5.74, 6) is 0.0425. The van der Waals surface area contributed by atoms with Crippen LogP contribution in [0.2, 0.25) is 0 Å². The van der Waals surface area contributed by atoms with Crippen LogP contribution >= 0.6 is 0 Å². The van der Waals surface area contributed by atoms with Crippen LogP contribution in [0.3, 0.4) is 0 Å². The number of alkyl halides is 3. The highest BCUT2D eigenvalue weighted by Crippen LogP contribution is 2.37. The van der Waals surface area contributed by atoms with Crippen molar-refractivity contribution < 1.29 is 22.3 Å². The van der Waals surface area contributed by atoms with Gasteiger partial charge in [-0.2, -0.15) is 13.2 Å². The molecule has 6 nitrogen and oxygen atoms in total. The van der Waals surface area contributed by atoms with Gasteiger partial charge in [-0.05, 0) is 49.4 Å². The van der Waals surface area contributed by atoms with Gasteiger partial charge in [-0.25, -0.2) is 19.3 Å². The Labute approximate surface area is 168 Å². The minimum absolute atomic E-state index is 0.0380. The largest absolute Gasteiger partial charge is 0.497 e. The number of methoxy groups -OCH3 is 1. The van der Waals surface area contributed by atoms with Crippen molar-refractivity contribution in [3.05, 3.63) is 65.9 Å². The molecule has 0 atom stereocenters. The molecule has 0 radical (unpaired) electrons. The highest BCUT2D eigenvalue weighted by Gasteiger charge is 2.39. The maximum Gasteiger partial charge on any atom is 0.435 e. The van der Waals surface area contributed by atoms with E-state index in [2.05, 4.69) is 20.3 Å². The van der Waals surface area contributed by atoms with Crippen molar-refractivity contribution in [2.45, 2.75) is 13.1 Å². The van der Waals surface area contributed by atoms with Gasteiger partial charge in [0.1, 0.15) is 22.9 Å². The van der Waals surface area contributed by atoms with E-state index in [4.69, 9.17) is 4.74 Å². The van der Waals surface area contributed by atoms with Gasteiger partial charge in [0.25, 0.3) is 0 Å². The van der Waals surface area contributed by atoms with Crippen LogP contribution in [0.5, 0.6) is 5.75 Å². The van der Waals surface area contributed by atoms with E-state index in [0.29, 0.717) is 17.1 Å². The number of imidazole rings is 1. The molecule has 0 aliphatic carbocycles. The Balaban J connectivity index is 1.84. The van der Waals surface area contributed by atoms with Crippen molar-refractivity contribution in [2.24, 2.45) is 0 Å². The molecule has 4 aromatic rings. The third-order valence-electron chi connectivity index (χ3n) is 4.29. The Morgan fingerprint density at radius 3 is 2.40 bits per heavy atom. The van der Waals surface area contributed by atoms with Gasteiger partial charge in [-0.1, -0.05) is 0 Å². The van der Waals surface area contributed by atoms with E-state index in [9.17, 15) is 17.6 Å². The average Bonchev–Trinajstić information content (AvgIpc) is 3.07. The normalized spacial score (nSPS) is 11.7. The van der Waals surface area contributed by atoms with Crippen molar-refractivity contribution in [3.8, 4) is 17.1 Å². The first kappa shape index (κ1) is 19.6. The summed E-state index contributed by atoms with van der Waals surface area (Å²) >= 11 is 0. The van der Waals surface area contributed by atoms with Gasteiger partial charge in [0.05, 0.1) is 12.8 Å². The van der Waals surface area contributed by atoms with E-state index in [0.717, 1.165) is 16.7 Å². The number of halogens is 4. The fourth-order valence-electron chi connectivity index (χ4n) is 3.01. The SMILES string of the molecule is COc1ccc(Nc2nc(C)cc(-c3c(C(F)(F)F)nc4ccc(F)cn34)n2)cc1. The lowest BCUT2D eigenvalue weighted by Crippen LogP contribution is -2.09. The zero-order valence-electron chi connectivity index (χ0n) is 15.8. The first-order valence-corrected chi connectivity index (χ1v) is 8.76. The van der Waals surface area contributed by atoms with Gasteiger partial charge in [-0.15, -0.1) is 0 Å². The number of aromatic nitrogens is 4. The van der Waals surface area contributed by atoms with E-state index in [1.807, 2.05) is 0 Å². The molecule has 0 bridgehead atoms. The number of fused-ring (bicyclic) bond motifs is 1. The van der Waals surface area contributed by atoms with Crippen LogP contribution in [0.25, 0.3) is 17.0 Å². The molecule has 0 aliphatic rings. The van der Waals surface area contributed by atoms with Gasteiger partial charge >= 0.3 is 6.18 Å². The number of ether oxygens (including phenoxy) is 1. The second-order valence-electron chi connectivity index (χ2n) is 6.45. The Morgan fingerprint density at radius 1 is 1.00 bits per heavy atom. The quantitative estimate of drug-likeness (QED) is 0.473. The van der Waals surface area contributed by atoms with E-state index in [1.165, 1.54) is 19.2 Å². The van der Waals surface area contributed by atoms with Crippen molar-refractivity contribution in [1.29, 1.82) is 0 Å². The number of nitrogens with one attached hydrogen (secondary N) is 1. The van der Waals surface area contributed by atoms with E-state index in [1.54, 1.807) is 31.2 Å². The van der Waals surface area contributed by atoms with Gasteiger partial charge in [0.15, 0.2) is 5.69 Å². The molecule has 30 heavy (non-hydrogen) atoms. The number of anilines is 2. The zero-order valence-corrected chi connectivity index (χ0v) is 15.8. The summed E-state index contributed by atoms with van der Waals surface area (Å²) in [5.41, 5.74) is -0.548. The smallest absolute Gasteiger partial charge is 0.435 e. The Morgan fingerprint density at radius 2 is 1.73 bits per heavy atom. The number of rotatable bonds is 4. The lowest BCUT2D eigenvalue weighted by molar-refractivity contribution is -0.140. The molecule has 3 aromatic heterocycles. The number of hydrogen-bond donors (Lipinski definition) is 1. The molecule has 0 saturated heterocycles. The summed E-state index contributed by atoms with van der Waals surface area (Å²) < 4.78 is 60.9. The van der Waals surface area contributed by atoms with Gasteiger partial charge in [0, 0.05) is 17.6 Å². The molecule has 0 fully saturated rings. The van der Waals surface area contributed by atoms with Crippen LogP contribution in [0, 0.1) is 12.7 Å². The maximum absolute atomic E-state index is 13.8. The predicted molar refractivity (Wildman–Crippen MR) is 102 cm³/mol. The molecular weight excluding hydrogens is 402 g/mol. The molecule has 1 aromatic carbocycles. The number of pyridine rings is 1. The van der Waals surface area contributed by atoms with Crippen LogP contribution in [-0.2, 0) is 6.18 Å². The lowest BCUT2D eigenvalue weighted by Gasteiger charge is -2.11. The Bertz CT molecular complexity index is 1220. The molecule has 0 amide bonds. The molecule has 154 valence electrons. The van der Waals surface area contributed by atoms with Crippen LogP contribution in [-0.4, -0.2) is 26.5 Å². The third kappa shape index (κ3) is 3.76. The molecule has 1 N–H and O–H groups in total. The van der Waals surface area contributed by atoms with Crippen molar-refractivity contribution in [2.75, 3.05) is 12.4 Å². The summed E-state index contributed by atoms with van der Waals surface area (Å²) in [6, 6.07) is 10.5. The van der Waals surface area contributed by atoms with Crippen LogP contribution in [0.4, 0.5) is 29.2 Å². The number of nitrogens with zero attached hydrogens (tertiary/aromatic N) is 4.